The number of nitrogens with two attached hydrogens (primary N) is 1. The molecule has 0 saturated carbocycles. The maximum absolute atomic E-state index is 5.67. The third-order valence-electron chi connectivity index (χ3n) is 2.75. The molecule has 1 saturated heterocycles. The Hall–Kier alpha value is -0.940. The Balaban J connectivity index is 1.82. The lowest BCUT2D eigenvalue weighted by molar-refractivity contribution is 0.103. The predicted molar refractivity (Wildman–Crippen MR) is 58.8 cm³/mol. The Kier molecular flexibility index (Phi) is 3.90. The van der Waals surface area contributed by atoms with Gasteiger partial charge in [0.25, 0.3) is 0 Å². The zero-order chi connectivity index (χ0) is 11.4. The molecule has 0 bridgehead atoms. The second-order valence-corrected chi connectivity index (χ2v) is 4.42. The lowest BCUT2D eigenvalue weighted by Gasteiger charge is -2.01. The second-order valence-electron chi connectivity index (χ2n) is 4.42. The van der Waals surface area contributed by atoms with Gasteiger partial charge in [-0.25, -0.2) is 0 Å². The molecule has 2 heterocycles. The van der Waals surface area contributed by atoms with E-state index in [-0.39, 0.29) is 12.1 Å². The second kappa shape index (κ2) is 5.41. The van der Waals surface area contributed by atoms with E-state index >= 15 is 0 Å². The van der Waals surface area contributed by atoms with Crippen LogP contribution in [0.2, 0.25) is 0 Å². The monoisotopic (exact) mass is 225 g/mol. The molecule has 5 nitrogen and oxygen atoms in total. The first kappa shape index (κ1) is 11.5. The number of aromatic nitrogens is 2. The van der Waals surface area contributed by atoms with E-state index in [1.54, 1.807) is 0 Å². The maximum atomic E-state index is 5.67. The van der Waals surface area contributed by atoms with Crippen LogP contribution in [-0.4, -0.2) is 22.8 Å². The van der Waals surface area contributed by atoms with E-state index in [2.05, 4.69) is 10.1 Å². The quantitative estimate of drug-likeness (QED) is 0.823. The highest BCUT2D eigenvalue weighted by molar-refractivity contribution is 4.93. The van der Waals surface area contributed by atoms with Crippen LogP contribution in [0.15, 0.2) is 4.52 Å². The number of ether oxygens (including phenoxy) is 1. The Morgan fingerprint density at radius 1 is 1.56 bits per heavy atom. The Morgan fingerprint density at radius 3 is 3.12 bits per heavy atom. The molecule has 0 radical (unpaired) electrons. The summed E-state index contributed by atoms with van der Waals surface area (Å²) in [6, 6.07) is 0.237. The third kappa shape index (κ3) is 3.02. The highest BCUT2D eigenvalue weighted by atomic mass is 16.5. The molecular weight excluding hydrogens is 206 g/mol. The Bertz CT molecular complexity index is 319. The third-order valence-corrected chi connectivity index (χ3v) is 2.75. The zero-order valence-electron chi connectivity index (χ0n) is 9.69. The van der Waals surface area contributed by atoms with Crippen LogP contribution in [0.4, 0.5) is 0 Å². The fraction of sp³-hybridized carbons (Fsp3) is 0.818. The largest absolute Gasteiger partial charge is 0.370 e. The molecule has 1 fully saturated rings. The standard InChI is InChI=1S/C11H19N3O2/c1-8(12)4-2-6-10-13-11(14-16-10)9-5-3-7-15-9/h8-9H,2-7,12H2,1H3. The summed E-state index contributed by atoms with van der Waals surface area (Å²) < 4.78 is 10.7. The predicted octanol–water partition coefficient (Wildman–Crippen LogP) is 1.59. The molecular formula is C11H19N3O2. The smallest absolute Gasteiger partial charge is 0.226 e. The lowest BCUT2D eigenvalue weighted by atomic mass is 10.1. The molecule has 2 atom stereocenters. The molecule has 90 valence electrons. The SMILES string of the molecule is CC(N)CCCc1nc(C2CCCO2)no1. The molecule has 0 spiro atoms. The highest BCUT2D eigenvalue weighted by Gasteiger charge is 2.22. The van der Waals surface area contributed by atoms with Gasteiger partial charge in [-0.05, 0) is 32.6 Å². The molecule has 1 aromatic rings. The lowest BCUT2D eigenvalue weighted by Crippen LogP contribution is -2.14. The summed E-state index contributed by atoms with van der Waals surface area (Å²) in [5, 5.41) is 3.95. The van der Waals surface area contributed by atoms with Crippen molar-refractivity contribution in [3.8, 4) is 0 Å². The summed E-state index contributed by atoms with van der Waals surface area (Å²) in [4.78, 5) is 4.35. The van der Waals surface area contributed by atoms with Gasteiger partial charge in [-0.2, -0.15) is 4.98 Å². The van der Waals surface area contributed by atoms with Crippen molar-refractivity contribution < 1.29 is 9.26 Å². The fourth-order valence-electron chi connectivity index (χ4n) is 1.86. The van der Waals surface area contributed by atoms with Gasteiger partial charge in [0.2, 0.25) is 11.7 Å². The summed E-state index contributed by atoms with van der Waals surface area (Å²) in [5.74, 6) is 1.40. The van der Waals surface area contributed by atoms with Crippen molar-refractivity contribution in [2.45, 2.75) is 51.2 Å². The first-order valence-corrected chi connectivity index (χ1v) is 5.95. The van der Waals surface area contributed by atoms with E-state index in [1.165, 1.54) is 0 Å². The molecule has 2 rings (SSSR count). The molecule has 1 aromatic heterocycles. The Labute approximate surface area is 95.3 Å². The first-order chi connectivity index (χ1) is 7.75. The first-order valence-electron chi connectivity index (χ1n) is 5.95. The molecule has 1 aliphatic rings. The minimum atomic E-state index is 0.0472. The van der Waals surface area contributed by atoms with Crippen LogP contribution in [0.5, 0.6) is 0 Å². The van der Waals surface area contributed by atoms with Crippen molar-refractivity contribution in [2.24, 2.45) is 5.73 Å². The minimum absolute atomic E-state index is 0.0472. The summed E-state index contributed by atoms with van der Waals surface area (Å²) in [5.41, 5.74) is 5.67. The van der Waals surface area contributed by atoms with Crippen LogP contribution >= 0.6 is 0 Å². The molecule has 0 aromatic carbocycles. The molecule has 2 unspecified atom stereocenters. The van der Waals surface area contributed by atoms with E-state index in [9.17, 15) is 0 Å². The normalized spacial score (nSPS) is 22.5. The molecule has 5 heteroatoms. The maximum Gasteiger partial charge on any atom is 0.226 e. The van der Waals surface area contributed by atoms with Gasteiger partial charge in [-0.1, -0.05) is 5.16 Å². The summed E-state index contributed by atoms with van der Waals surface area (Å²) in [6.45, 7) is 2.81. The van der Waals surface area contributed by atoms with Crippen molar-refractivity contribution in [1.29, 1.82) is 0 Å². The summed E-state index contributed by atoms with van der Waals surface area (Å²) in [7, 11) is 0. The number of rotatable bonds is 5. The van der Waals surface area contributed by atoms with Crippen LogP contribution in [0, 0.1) is 0 Å². The van der Waals surface area contributed by atoms with Crippen LogP contribution < -0.4 is 5.73 Å². The van der Waals surface area contributed by atoms with E-state index in [0.717, 1.165) is 38.7 Å². The van der Waals surface area contributed by atoms with Gasteiger partial charge < -0.3 is 15.0 Å². The topological polar surface area (TPSA) is 74.2 Å². The Morgan fingerprint density at radius 2 is 2.44 bits per heavy atom. The van der Waals surface area contributed by atoms with Gasteiger partial charge >= 0.3 is 0 Å². The van der Waals surface area contributed by atoms with Gasteiger partial charge in [-0.3, -0.25) is 0 Å². The molecule has 2 N–H and O–H groups in total. The molecule has 0 amide bonds. The van der Waals surface area contributed by atoms with Crippen LogP contribution in [0.25, 0.3) is 0 Å². The number of hydrogen-bond donors (Lipinski definition) is 1. The average Bonchev–Trinajstić information content (AvgIpc) is 2.85. The molecule has 16 heavy (non-hydrogen) atoms. The fourth-order valence-corrected chi connectivity index (χ4v) is 1.86. The average molecular weight is 225 g/mol. The van der Waals surface area contributed by atoms with E-state index in [4.69, 9.17) is 15.0 Å². The van der Waals surface area contributed by atoms with Gasteiger partial charge in [0.15, 0.2) is 0 Å². The van der Waals surface area contributed by atoms with Crippen LogP contribution in [-0.2, 0) is 11.2 Å². The van der Waals surface area contributed by atoms with Crippen molar-refractivity contribution in [3.05, 3.63) is 11.7 Å². The van der Waals surface area contributed by atoms with Gasteiger partial charge in [0.1, 0.15) is 6.10 Å². The summed E-state index contributed by atoms with van der Waals surface area (Å²) >= 11 is 0. The van der Waals surface area contributed by atoms with Crippen LogP contribution in [0.3, 0.4) is 0 Å². The van der Waals surface area contributed by atoms with Crippen molar-refractivity contribution in [1.82, 2.24) is 10.1 Å². The van der Waals surface area contributed by atoms with Crippen LogP contribution in [0.1, 0.15) is 50.4 Å². The van der Waals surface area contributed by atoms with Crippen molar-refractivity contribution >= 4 is 0 Å². The zero-order valence-corrected chi connectivity index (χ0v) is 9.69. The highest BCUT2D eigenvalue weighted by Crippen LogP contribution is 2.26. The van der Waals surface area contributed by atoms with E-state index < -0.39 is 0 Å². The van der Waals surface area contributed by atoms with Gasteiger partial charge in [0.05, 0.1) is 0 Å². The van der Waals surface area contributed by atoms with Gasteiger partial charge in [0, 0.05) is 19.1 Å². The molecule has 0 aliphatic carbocycles. The van der Waals surface area contributed by atoms with Crippen molar-refractivity contribution in [3.63, 3.8) is 0 Å². The number of nitrogens with zero attached hydrogens (tertiary/aromatic N) is 2. The number of hydrogen-bond acceptors (Lipinski definition) is 5. The minimum Gasteiger partial charge on any atom is -0.370 e. The van der Waals surface area contributed by atoms with E-state index in [1.807, 2.05) is 6.92 Å². The number of aryl methyl sites for hydroxylation is 1. The van der Waals surface area contributed by atoms with E-state index in [0.29, 0.717) is 11.7 Å². The van der Waals surface area contributed by atoms with Gasteiger partial charge in [-0.15, -0.1) is 0 Å². The van der Waals surface area contributed by atoms with Crippen molar-refractivity contribution in [2.75, 3.05) is 6.61 Å². The molecule has 1 aliphatic heterocycles. The summed E-state index contributed by atoms with van der Waals surface area (Å²) in [6.07, 6.45) is 4.91.